The fourth-order valence-corrected chi connectivity index (χ4v) is 4.14. The molecular weight excluding hydrogens is 362 g/mol. The molecular formula is C18H16ClNO4S. The zero-order valence-corrected chi connectivity index (χ0v) is 15.1. The Balaban J connectivity index is 2.16. The summed E-state index contributed by atoms with van der Waals surface area (Å²) in [6.07, 6.45) is 0. The summed E-state index contributed by atoms with van der Waals surface area (Å²) in [5.74, 6) is 0.153. The highest BCUT2D eigenvalue weighted by Gasteiger charge is 2.22. The summed E-state index contributed by atoms with van der Waals surface area (Å²) in [5, 5.41) is 11.2. The van der Waals surface area contributed by atoms with E-state index in [9.17, 15) is 13.5 Å². The van der Waals surface area contributed by atoms with Gasteiger partial charge < -0.3 is 9.84 Å². The van der Waals surface area contributed by atoms with E-state index in [2.05, 4.69) is 4.72 Å². The van der Waals surface area contributed by atoms with Crippen molar-refractivity contribution < 1.29 is 18.3 Å². The van der Waals surface area contributed by atoms with Crippen molar-refractivity contribution in [3.05, 3.63) is 59.1 Å². The van der Waals surface area contributed by atoms with Crippen molar-refractivity contribution in [1.29, 1.82) is 0 Å². The van der Waals surface area contributed by atoms with E-state index in [1.54, 1.807) is 43.3 Å². The second-order valence-corrected chi connectivity index (χ2v) is 7.62. The maximum Gasteiger partial charge on any atom is 0.265 e. The summed E-state index contributed by atoms with van der Waals surface area (Å²) in [5.41, 5.74) is 1.07. The molecule has 3 aromatic carbocycles. The molecule has 0 radical (unpaired) electrons. The average Bonchev–Trinajstić information content (AvgIpc) is 2.59. The van der Waals surface area contributed by atoms with E-state index in [1.807, 2.05) is 0 Å². The van der Waals surface area contributed by atoms with Crippen LogP contribution in [0.4, 0.5) is 5.69 Å². The Labute approximate surface area is 150 Å². The zero-order valence-electron chi connectivity index (χ0n) is 13.6. The zero-order chi connectivity index (χ0) is 18.2. The highest BCUT2D eigenvalue weighted by molar-refractivity contribution is 7.92. The van der Waals surface area contributed by atoms with Crippen LogP contribution < -0.4 is 9.46 Å². The minimum Gasteiger partial charge on any atom is -0.506 e. The number of hydrogen-bond donors (Lipinski definition) is 2. The number of nitrogens with one attached hydrogen (secondary N) is 1. The number of phenols is 1. The van der Waals surface area contributed by atoms with E-state index in [4.69, 9.17) is 16.3 Å². The van der Waals surface area contributed by atoms with Gasteiger partial charge in [0.2, 0.25) is 0 Å². The number of phenolic OH excluding ortho intramolecular Hbond substituents is 1. The number of rotatable bonds is 4. The van der Waals surface area contributed by atoms with Crippen molar-refractivity contribution in [2.75, 3.05) is 11.8 Å². The molecule has 0 saturated carbocycles. The first-order valence-corrected chi connectivity index (χ1v) is 9.27. The van der Waals surface area contributed by atoms with Crippen LogP contribution in [0.15, 0.2) is 53.4 Å². The van der Waals surface area contributed by atoms with Crippen molar-refractivity contribution in [3.8, 4) is 11.5 Å². The molecule has 3 aromatic rings. The van der Waals surface area contributed by atoms with E-state index in [0.717, 1.165) is 5.56 Å². The maximum absolute atomic E-state index is 12.9. The number of fused-ring (bicyclic) bond motifs is 1. The summed E-state index contributed by atoms with van der Waals surface area (Å²) in [6, 6.07) is 13.2. The van der Waals surface area contributed by atoms with Gasteiger partial charge in [-0.3, -0.25) is 4.72 Å². The lowest BCUT2D eigenvalue weighted by molar-refractivity contribution is 0.402. The molecule has 0 amide bonds. The molecule has 0 aliphatic carbocycles. The van der Waals surface area contributed by atoms with Crippen LogP contribution in [0.1, 0.15) is 5.56 Å². The number of aryl methyl sites for hydroxylation is 1. The second-order valence-electron chi connectivity index (χ2n) is 5.56. The van der Waals surface area contributed by atoms with Crippen LogP contribution in [0.3, 0.4) is 0 Å². The van der Waals surface area contributed by atoms with Gasteiger partial charge in [-0.15, -0.1) is 0 Å². The summed E-state index contributed by atoms with van der Waals surface area (Å²) < 4.78 is 33.5. The Morgan fingerprint density at radius 2 is 1.76 bits per heavy atom. The Morgan fingerprint density at radius 1 is 1.08 bits per heavy atom. The fourth-order valence-electron chi connectivity index (χ4n) is 2.60. The normalized spacial score (nSPS) is 11.5. The number of hydrogen-bond acceptors (Lipinski definition) is 4. The second kappa shape index (κ2) is 6.46. The number of halogens is 1. The van der Waals surface area contributed by atoms with Gasteiger partial charge in [-0.25, -0.2) is 8.42 Å². The summed E-state index contributed by atoms with van der Waals surface area (Å²) in [4.78, 5) is 0.0308. The topological polar surface area (TPSA) is 75.6 Å². The van der Waals surface area contributed by atoms with Crippen LogP contribution in [-0.4, -0.2) is 20.6 Å². The lowest BCUT2D eigenvalue weighted by Crippen LogP contribution is -2.14. The van der Waals surface area contributed by atoms with E-state index < -0.39 is 10.0 Å². The Hall–Kier alpha value is -2.44. The highest BCUT2D eigenvalue weighted by Crippen LogP contribution is 2.38. The van der Waals surface area contributed by atoms with Crippen molar-refractivity contribution in [3.63, 3.8) is 0 Å². The molecule has 0 atom stereocenters. The monoisotopic (exact) mass is 377 g/mol. The van der Waals surface area contributed by atoms with Crippen LogP contribution in [0.2, 0.25) is 5.02 Å². The lowest BCUT2D eigenvalue weighted by Gasteiger charge is -2.15. The number of benzene rings is 3. The van der Waals surface area contributed by atoms with Gasteiger partial charge in [0.1, 0.15) is 16.4 Å². The molecule has 0 fully saturated rings. The number of sulfonamides is 1. The largest absolute Gasteiger partial charge is 0.506 e. The molecule has 3 rings (SSSR count). The van der Waals surface area contributed by atoms with Gasteiger partial charge >= 0.3 is 0 Å². The molecule has 0 heterocycles. The van der Waals surface area contributed by atoms with E-state index in [0.29, 0.717) is 10.8 Å². The first kappa shape index (κ1) is 17.4. The standard InChI is InChI=1S/C18H16ClNO4S/c1-11-7-8-16(24-2)17(9-11)25(22,23)20-15-10-14(19)18(21)13-6-4-3-5-12(13)15/h3-10,20-21H,1-2H3. The number of ether oxygens (including phenoxy) is 1. The number of methoxy groups -OCH3 is 1. The first-order valence-electron chi connectivity index (χ1n) is 7.41. The van der Waals surface area contributed by atoms with Gasteiger partial charge in [-0.05, 0) is 30.7 Å². The lowest BCUT2D eigenvalue weighted by atomic mass is 10.1. The molecule has 0 aliphatic heterocycles. The van der Waals surface area contributed by atoms with Gasteiger partial charge in [0.05, 0.1) is 17.8 Å². The van der Waals surface area contributed by atoms with Gasteiger partial charge in [0, 0.05) is 10.8 Å². The summed E-state index contributed by atoms with van der Waals surface area (Å²) >= 11 is 6.04. The number of aromatic hydroxyl groups is 1. The highest BCUT2D eigenvalue weighted by atomic mass is 35.5. The maximum atomic E-state index is 12.9. The smallest absolute Gasteiger partial charge is 0.265 e. The Kier molecular flexibility index (Phi) is 4.49. The fraction of sp³-hybridized carbons (Fsp3) is 0.111. The van der Waals surface area contributed by atoms with Crippen molar-refractivity contribution in [1.82, 2.24) is 0 Å². The molecule has 0 saturated heterocycles. The summed E-state index contributed by atoms with van der Waals surface area (Å²) in [6.45, 7) is 1.80. The van der Waals surface area contributed by atoms with Crippen LogP contribution in [0, 0.1) is 6.92 Å². The third kappa shape index (κ3) is 3.23. The van der Waals surface area contributed by atoms with E-state index >= 15 is 0 Å². The Morgan fingerprint density at radius 3 is 2.44 bits per heavy atom. The Bertz CT molecular complexity index is 1060. The van der Waals surface area contributed by atoms with E-state index in [1.165, 1.54) is 19.2 Å². The predicted molar refractivity (Wildman–Crippen MR) is 99.2 cm³/mol. The van der Waals surface area contributed by atoms with Gasteiger partial charge in [0.25, 0.3) is 10.0 Å². The molecule has 0 aromatic heterocycles. The van der Waals surface area contributed by atoms with Crippen LogP contribution in [-0.2, 0) is 10.0 Å². The molecule has 7 heteroatoms. The molecule has 130 valence electrons. The molecule has 0 bridgehead atoms. The SMILES string of the molecule is COc1ccc(C)cc1S(=O)(=O)Nc1cc(Cl)c(O)c2ccccc12. The quantitative estimate of drug-likeness (QED) is 0.664. The van der Waals surface area contributed by atoms with Gasteiger partial charge in [-0.1, -0.05) is 41.9 Å². The van der Waals surface area contributed by atoms with Crippen LogP contribution >= 0.6 is 11.6 Å². The molecule has 0 aliphatic rings. The average molecular weight is 378 g/mol. The molecule has 0 unspecified atom stereocenters. The molecule has 2 N–H and O–H groups in total. The van der Waals surface area contributed by atoms with E-state index in [-0.39, 0.29) is 27.1 Å². The third-order valence-corrected chi connectivity index (χ3v) is 5.50. The number of anilines is 1. The minimum absolute atomic E-state index is 0.0308. The van der Waals surface area contributed by atoms with Crippen molar-refractivity contribution in [2.45, 2.75) is 11.8 Å². The van der Waals surface area contributed by atoms with Gasteiger partial charge in [-0.2, -0.15) is 0 Å². The van der Waals surface area contributed by atoms with Gasteiger partial charge in [0.15, 0.2) is 0 Å². The molecule has 5 nitrogen and oxygen atoms in total. The van der Waals surface area contributed by atoms with Crippen LogP contribution in [0.5, 0.6) is 11.5 Å². The molecule has 25 heavy (non-hydrogen) atoms. The van der Waals surface area contributed by atoms with Crippen molar-refractivity contribution >= 4 is 38.1 Å². The third-order valence-electron chi connectivity index (χ3n) is 3.82. The summed E-state index contributed by atoms with van der Waals surface area (Å²) in [7, 11) is -2.50. The first-order chi connectivity index (χ1) is 11.8. The molecule has 0 spiro atoms. The van der Waals surface area contributed by atoms with Crippen molar-refractivity contribution in [2.24, 2.45) is 0 Å². The predicted octanol–water partition coefficient (Wildman–Crippen LogP) is 4.32. The van der Waals surface area contributed by atoms with Crippen LogP contribution in [0.25, 0.3) is 10.8 Å². The minimum atomic E-state index is -3.91.